The van der Waals surface area contributed by atoms with Crippen molar-refractivity contribution in [1.82, 2.24) is 0 Å². The summed E-state index contributed by atoms with van der Waals surface area (Å²) in [5.74, 6) is 0. The van der Waals surface area contributed by atoms with Crippen molar-refractivity contribution in [3.8, 4) is 33.4 Å². The lowest BCUT2D eigenvalue weighted by atomic mass is 9.88. The van der Waals surface area contributed by atoms with Crippen molar-refractivity contribution in [2.24, 2.45) is 0 Å². The molecule has 0 fully saturated rings. The van der Waals surface area contributed by atoms with Crippen LogP contribution in [0.25, 0.3) is 54.9 Å². The Morgan fingerprint density at radius 1 is 0.219 bits per heavy atom. The van der Waals surface area contributed by atoms with Crippen LogP contribution in [0.1, 0.15) is 0 Å². The molecule has 0 saturated carbocycles. The van der Waals surface area contributed by atoms with Gasteiger partial charge in [-0.15, -0.1) is 0 Å². The Morgan fingerprint density at radius 3 is 0.875 bits per heavy atom. The molecule has 0 aromatic heterocycles. The van der Waals surface area contributed by atoms with E-state index in [1.165, 1.54) is 54.9 Å². The van der Waals surface area contributed by atoms with Crippen LogP contribution in [-0.2, 0) is 0 Å². The van der Waals surface area contributed by atoms with Crippen LogP contribution in [0.2, 0.25) is 0 Å². The third-order valence-electron chi connectivity index (χ3n) is 6.31. The molecule has 0 nitrogen and oxygen atoms in total. The van der Waals surface area contributed by atoms with Gasteiger partial charge in [-0.05, 0) is 54.9 Å². The summed E-state index contributed by atoms with van der Waals surface area (Å²) in [5.41, 5.74) is 7.59. The van der Waals surface area contributed by atoms with Crippen LogP contribution in [0.3, 0.4) is 0 Å². The third-order valence-corrected chi connectivity index (χ3v) is 6.31. The van der Waals surface area contributed by atoms with Crippen LogP contribution in [0, 0.1) is 0 Å². The zero-order chi connectivity index (χ0) is 21.3. The minimum absolute atomic E-state index is 1.25. The van der Waals surface area contributed by atoms with Crippen LogP contribution in [0.5, 0.6) is 0 Å². The highest BCUT2D eigenvalue weighted by Crippen LogP contribution is 2.40. The van der Waals surface area contributed by atoms with E-state index in [4.69, 9.17) is 0 Å². The van der Waals surface area contributed by atoms with E-state index in [2.05, 4.69) is 133 Å². The lowest BCUT2D eigenvalue weighted by molar-refractivity contribution is 1.62. The number of fused-ring (bicyclic) bond motifs is 2. The molecule has 0 N–H and O–H groups in total. The molecule has 6 rings (SSSR count). The predicted molar refractivity (Wildman–Crippen MR) is 138 cm³/mol. The van der Waals surface area contributed by atoms with Gasteiger partial charge in [-0.1, -0.05) is 133 Å². The SMILES string of the molecule is c1ccc(-c2ccc(-c3ccc(-c4ccccc4)c4ccccc34)c3ccccc23)cc1. The van der Waals surface area contributed by atoms with Gasteiger partial charge in [0.25, 0.3) is 0 Å². The fourth-order valence-corrected chi connectivity index (χ4v) is 4.81. The second kappa shape index (κ2) is 7.83. The molecule has 0 amide bonds. The van der Waals surface area contributed by atoms with Crippen LogP contribution in [0.15, 0.2) is 133 Å². The second-order valence-electron chi connectivity index (χ2n) is 8.14. The molecule has 0 aliphatic heterocycles. The molecule has 0 heterocycles. The van der Waals surface area contributed by atoms with Gasteiger partial charge in [0.15, 0.2) is 0 Å². The first-order valence-corrected chi connectivity index (χ1v) is 11.0. The van der Waals surface area contributed by atoms with Crippen LogP contribution >= 0.6 is 0 Å². The normalized spacial score (nSPS) is 11.1. The Morgan fingerprint density at radius 2 is 0.500 bits per heavy atom. The number of hydrogen-bond donors (Lipinski definition) is 0. The Kier molecular flexibility index (Phi) is 4.55. The second-order valence-corrected chi connectivity index (χ2v) is 8.14. The molecule has 0 radical (unpaired) electrons. The maximum absolute atomic E-state index is 2.29. The van der Waals surface area contributed by atoms with E-state index in [9.17, 15) is 0 Å². The van der Waals surface area contributed by atoms with Crippen molar-refractivity contribution < 1.29 is 0 Å². The van der Waals surface area contributed by atoms with Crippen LogP contribution < -0.4 is 0 Å². The van der Waals surface area contributed by atoms with E-state index in [-0.39, 0.29) is 0 Å². The summed E-state index contributed by atoms with van der Waals surface area (Å²) < 4.78 is 0. The summed E-state index contributed by atoms with van der Waals surface area (Å²) in [4.78, 5) is 0. The summed E-state index contributed by atoms with van der Waals surface area (Å²) >= 11 is 0. The maximum atomic E-state index is 2.29. The molecule has 6 aromatic rings. The Bertz CT molecular complexity index is 1420. The van der Waals surface area contributed by atoms with E-state index in [0.717, 1.165) is 0 Å². The molecule has 0 unspecified atom stereocenters. The molecule has 0 spiro atoms. The van der Waals surface area contributed by atoms with Gasteiger partial charge in [0.05, 0.1) is 0 Å². The van der Waals surface area contributed by atoms with Gasteiger partial charge >= 0.3 is 0 Å². The average Bonchev–Trinajstić information content (AvgIpc) is 2.88. The Balaban J connectivity index is 1.62. The van der Waals surface area contributed by atoms with Gasteiger partial charge in [-0.2, -0.15) is 0 Å². The number of benzene rings is 6. The topological polar surface area (TPSA) is 0 Å². The molecule has 32 heavy (non-hydrogen) atoms. The quantitative estimate of drug-likeness (QED) is 0.275. The standard InChI is InChI=1S/C32H22/c1-3-11-23(12-4-1)25-19-21-31(29-17-9-7-15-27(25)29)32-22-20-26(24-13-5-2-6-14-24)28-16-8-10-18-30(28)32/h1-22H. The smallest absolute Gasteiger partial charge is 0.00987 e. The monoisotopic (exact) mass is 406 g/mol. The lowest BCUT2D eigenvalue weighted by Crippen LogP contribution is -1.89. The summed E-state index contributed by atoms with van der Waals surface area (Å²) in [6.45, 7) is 0. The van der Waals surface area contributed by atoms with Gasteiger partial charge in [0, 0.05) is 0 Å². The maximum Gasteiger partial charge on any atom is -0.00987 e. The van der Waals surface area contributed by atoms with E-state index < -0.39 is 0 Å². The molecule has 0 saturated heterocycles. The van der Waals surface area contributed by atoms with E-state index in [1.54, 1.807) is 0 Å². The Labute approximate surface area is 188 Å². The zero-order valence-electron chi connectivity index (χ0n) is 17.7. The average molecular weight is 407 g/mol. The molecular formula is C32H22. The van der Waals surface area contributed by atoms with Crippen molar-refractivity contribution >= 4 is 21.5 Å². The summed E-state index contributed by atoms with van der Waals surface area (Å²) in [7, 11) is 0. The first-order valence-electron chi connectivity index (χ1n) is 11.0. The highest BCUT2D eigenvalue weighted by molar-refractivity contribution is 6.12. The third kappa shape index (κ3) is 3.09. The molecule has 0 aliphatic rings. The van der Waals surface area contributed by atoms with Crippen LogP contribution in [0.4, 0.5) is 0 Å². The molecule has 150 valence electrons. The van der Waals surface area contributed by atoms with Gasteiger partial charge in [0.2, 0.25) is 0 Å². The van der Waals surface area contributed by atoms with E-state index in [0.29, 0.717) is 0 Å². The highest BCUT2D eigenvalue weighted by Gasteiger charge is 2.13. The molecule has 0 heteroatoms. The summed E-state index contributed by atoms with van der Waals surface area (Å²) in [5, 5.41) is 5.14. The summed E-state index contributed by atoms with van der Waals surface area (Å²) in [6.07, 6.45) is 0. The summed E-state index contributed by atoms with van der Waals surface area (Å²) in [6, 6.07) is 47.9. The lowest BCUT2D eigenvalue weighted by Gasteiger charge is -2.16. The van der Waals surface area contributed by atoms with Gasteiger partial charge in [-0.25, -0.2) is 0 Å². The van der Waals surface area contributed by atoms with Crippen molar-refractivity contribution in [1.29, 1.82) is 0 Å². The molecule has 0 atom stereocenters. The van der Waals surface area contributed by atoms with E-state index >= 15 is 0 Å². The predicted octanol–water partition coefficient (Wildman–Crippen LogP) is 8.99. The first kappa shape index (κ1) is 18.6. The minimum Gasteiger partial charge on any atom is -0.0622 e. The molecule has 0 aliphatic carbocycles. The van der Waals surface area contributed by atoms with Crippen molar-refractivity contribution in [3.63, 3.8) is 0 Å². The van der Waals surface area contributed by atoms with Gasteiger partial charge in [-0.3, -0.25) is 0 Å². The zero-order valence-corrected chi connectivity index (χ0v) is 17.7. The fraction of sp³-hybridized carbons (Fsp3) is 0. The molecular weight excluding hydrogens is 384 g/mol. The van der Waals surface area contributed by atoms with Gasteiger partial charge < -0.3 is 0 Å². The molecule has 6 aromatic carbocycles. The minimum atomic E-state index is 1.25. The Hall–Kier alpha value is -4.16. The van der Waals surface area contributed by atoms with Crippen LogP contribution in [-0.4, -0.2) is 0 Å². The van der Waals surface area contributed by atoms with Crippen molar-refractivity contribution in [2.75, 3.05) is 0 Å². The fourth-order valence-electron chi connectivity index (χ4n) is 4.81. The van der Waals surface area contributed by atoms with Gasteiger partial charge in [0.1, 0.15) is 0 Å². The first-order chi connectivity index (χ1) is 15.9. The largest absolute Gasteiger partial charge is 0.0622 e. The highest BCUT2D eigenvalue weighted by atomic mass is 14.2. The number of rotatable bonds is 3. The number of hydrogen-bond acceptors (Lipinski definition) is 0. The van der Waals surface area contributed by atoms with Crippen molar-refractivity contribution in [2.45, 2.75) is 0 Å². The van der Waals surface area contributed by atoms with E-state index in [1.807, 2.05) is 0 Å². The van der Waals surface area contributed by atoms with Crippen molar-refractivity contribution in [3.05, 3.63) is 133 Å². The molecule has 0 bridgehead atoms.